The molecule has 2 aliphatic heterocycles. The highest BCUT2D eigenvalue weighted by Gasteiger charge is 2.37. The van der Waals surface area contributed by atoms with E-state index in [1.54, 1.807) is 11.8 Å². The lowest BCUT2D eigenvalue weighted by molar-refractivity contribution is -0.140. The third-order valence-electron chi connectivity index (χ3n) is 9.51. The van der Waals surface area contributed by atoms with Gasteiger partial charge in [-0.3, -0.25) is 14.5 Å². The first-order chi connectivity index (χ1) is 23.3. The molecule has 0 N–H and O–H groups in total. The molecule has 2 heterocycles. The number of carbonyl (C=O) groups is 3. The number of ether oxygens (including phenoxy) is 1. The predicted molar refractivity (Wildman–Crippen MR) is 187 cm³/mol. The van der Waals surface area contributed by atoms with Gasteiger partial charge in [0.2, 0.25) is 5.91 Å². The minimum atomic E-state index is -0.400. The van der Waals surface area contributed by atoms with E-state index >= 15 is 0 Å². The normalized spacial score (nSPS) is 17.2. The number of esters is 1. The van der Waals surface area contributed by atoms with Crippen LogP contribution in [0.5, 0.6) is 0 Å². The lowest BCUT2D eigenvalue weighted by atomic mass is 9.83. The number of hydrogen-bond acceptors (Lipinski definition) is 5. The minimum absolute atomic E-state index is 0.0173. The summed E-state index contributed by atoms with van der Waals surface area (Å²) < 4.78 is 5.46. The summed E-state index contributed by atoms with van der Waals surface area (Å²) in [6, 6.07) is 36.7. The number of hydrogen-bond donors (Lipinski definition) is 0. The molecule has 4 aromatic rings. The van der Waals surface area contributed by atoms with Gasteiger partial charge in [0.05, 0.1) is 24.8 Å². The molecule has 7 nitrogen and oxygen atoms in total. The third-order valence-corrected chi connectivity index (χ3v) is 9.51. The second kappa shape index (κ2) is 14.8. The van der Waals surface area contributed by atoms with Crippen LogP contribution in [0.4, 0.5) is 0 Å². The molecule has 0 saturated carbocycles. The molecule has 1 saturated heterocycles. The molecular formula is C41H43N3O4. The van der Waals surface area contributed by atoms with Gasteiger partial charge >= 0.3 is 5.97 Å². The van der Waals surface area contributed by atoms with E-state index in [2.05, 4.69) is 53.4 Å². The molecule has 0 radical (unpaired) electrons. The Bertz CT molecular complexity index is 1740. The van der Waals surface area contributed by atoms with Crippen LogP contribution in [-0.4, -0.2) is 65.3 Å². The van der Waals surface area contributed by atoms with Gasteiger partial charge in [-0.15, -0.1) is 0 Å². The molecule has 6 rings (SSSR count). The van der Waals surface area contributed by atoms with Gasteiger partial charge in [-0.2, -0.15) is 0 Å². The molecule has 0 aromatic heterocycles. The monoisotopic (exact) mass is 641 g/mol. The summed E-state index contributed by atoms with van der Waals surface area (Å²) in [6.07, 6.45) is 0.171. The quantitative estimate of drug-likeness (QED) is 0.186. The molecule has 1 unspecified atom stereocenters. The van der Waals surface area contributed by atoms with E-state index in [4.69, 9.17) is 4.74 Å². The number of benzene rings is 4. The summed E-state index contributed by atoms with van der Waals surface area (Å²) >= 11 is 0. The Balaban J connectivity index is 1.18. The van der Waals surface area contributed by atoms with Crippen LogP contribution in [0, 0.1) is 6.92 Å². The highest BCUT2D eigenvalue weighted by molar-refractivity contribution is 5.96. The van der Waals surface area contributed by atoms with Gasteiger partial charge in [0, 0.05) is 49.8 Å². The minimum Gasteiger partial charge on any atom is -0.463 e. The van der Waals surface area contributed by atoms with Crippen molar-refractivity contribution in [3.63, 3.8) is 0 Å². The number of amides is 2. The van der Waals surface area contributed by atoms with Crippen LogP contribution >= 0.6 is 0 Å². The molecule has 0 aliphatic carbocycles. The van der Waals surface area contributed by atoms with Gasteiger partial charge in [0.1, 0.15) is 0 Å². The molecule has 0 spiro atoms. The van der Waals surface area contributed by atoms with Gasteiger partial charge in [-0.05, 0) is 55.2 Å². The Morgan fingerprint density at radius 3 is 2.02 bits per heavy atom. The van der Waals surface area contributed by atoms with Crippen LogP contribution < -0.4 is 0 Å². The maximum absolute atomic E-state index is 13.8. The standard InChI is InChI=1S/C41H43N3O4/c1-4-48-41(47)38-30(3)44(37(45)27-36(38)32-20-18-29(2)19-21-32)28-31-12-11-17-35(26-31)40(46)43-24-22-42(23-25-43)39(33-13-7-5-8-14-33)34-15-9-6-10-16-34/h5-21,26,36,39H,4,22-25,27-28H2,1-3H3. The van der Waals surface area contributed by atoms with Crippen molar-refractivity contribution in [3.05, 3.63) is 154 Å². The zero-order chi connectivity index (χ0) is 33.6. The molecule has 2 aliphatic rings. The van der Waals surface area contributed by atoms with E-state index in [0.29, 0.717) is 29.9 Å². The van der Waals surface area contributed by atoms with Crippen LogP contribution in [0.1, 0.15) is 70.4 Å². The van der Waals surface area contributed by atoms with Gasteiger partial charge in [0.25, 0.3) is 5.91 Å². The molecule has 48 heavy (non-hydrogen) atoms. The number of nitrogens with zero attached hydrogens (tertiary/aromatic N) is 3. The smallest absolute Gasteiger partial charge is 0.336 e. The van der Waals surface area contributed by atoms with E-state index in [-0.39, 0.29) is 43.3 Å². The van der Waals surface area contributed by atoms with Crippen molar-refractivity contribution in [3.8, 4) is 0 Å². The van der Waals surface area contributed by atoms with Crippen molar-refractivity contribution in [1.82, 2.24) is 14.7 Å². The Morgan fingerprint density at radius 1 is 0.792 bits per heavy atom. The van der Waals surface area contributed by atoms with Crippen molar-refractivity contribution in [2.24, 2.45) is 0 Å². The summed E-state index contributed by atoms with van der Waals surface area (Å²) in [5.74, 6) is -0.854. The van der Waals surface area contributed by atoms with Gasteiger partial charge in [0.15, 0.2) is 0 Å². The van der Waals surface area contributed by atoms with Crippen molar-refractivity contribution in [1.29, 1.82) is 0 Å². The fraction of sp³-hybridized carbons (Fsp3) is 0.293. The first kappa shape index (κ1) is 32.9. The van der Waals surface area contributed by atoms with Crippen LogP contribution in [0.25, 0.3) is 0 Å². The number of piperazine rings is 1. The maximum Gasteiger partial charge on any atom is 0.336 e. The zero-order valence-electron chi connectivity index (χ0n) is 28.0. The third kappa shape index (κ3) is 7.11. The number of carbonyl (C=O) groups excluding carboxylic acids is 3. The van der Waals surface area contributed by atoms with Gasteiger partial charge < -0.3 is 14.5 Å². The van der Waals surface area contributed by atoms with Crippen LogP contribution in [0.2, 0.25) is 0 Å². The number of aryl methyl sites for hydroxylation is 1. The fourth-order valence-electron chi connectivity index (χ4n) is 7.00. The molecule has 1 atom stereocenters. The first-order valence-corrected chi connectivity index (χ1v) is 16.8. The summed E-state index contributed by atoms with van der Waals surface area (Å²) in [5.41, 5.74) is 7.04. The first-order valence-electron chi connectivity index (χ1n) is 16.8. The Labute approximate surface area is 283 Å². The van der Waals surface area contributed by atoms with Crippen molar-refractivity contribution in [2.75, 3.05) is 32.8 Å². The van der Waals surface area contributed by atoms with Crippen molar-refractivity contribution in [2.45, 2.75) is 45.7 Å². The molecule has 2 amide bonds. The molecule has 0 bridgehead atoms. The SMILES string of the molecule is CCOC(=O)C1=C(C)N(Cc2cccc(C(=O)N3CCN(C(c4ccccc4)c4ccccc4)CC3)c2)C(=O)CC1c1ccc(C)cc1. The molecule has 4 aromatic carbocycles. The fourth-order valence-corrected chi connectivity index (χ4v) is 7.00. The molecule has 7 heteroatoms. The van der Waals surface area contributed by atoms with Crippen LogP contribution in [-0.2, 0) is 20.9 Å². The van der Waals surface area contributed by atoms with E-state index < -0.39 is 5.97 Å². The highest BCUT2D eigenvalue weighted by atomic mass is 16.5. The zero-order valence-corrected chi connectivity index (χ0v) is 28.0. The Kier molecular flexibility index (Phi) is 10.2. The van der Waals surface area contributed by atoms with Gasteiger partial charge in [-0.25, -0.2) is 4.79 Å². The number of allylic oxidation sites excluding steroid dienone is 1. The van der Waals surface area contributed by atoms with Crippen LogP contribution in [0.3, 0.4) is 0 Å². The molecular weight excluding hydrogens is 598 g/mol. The van der Waals surface area contributed by atoms with E-state index in [1.165, 1.54) is 11.1 Å². The summed E-state index contributed by atoms with van der Waals surface area (Å²) in [7, 11) is 0. The average Bonchev–Trinajstić information content (AvgIpc) is 3.11. The lowest BCUT2D eigenvalue weighted by Crippen LogP contribution is -2.49. The summed E-state index contributed by atoms with van der Waals surface area (Å²) in [6.45, 7) is 8.88. The Hall–Kier alpha value is -5.01. The van der Waals surface area contributed by atoms with Crippen molar-refractivity contribution < 1.29 is 19.1 Å². The Morgan fingerprint density at radius 2 is 1.42 bits per heavy atom. The second-order valence-electron chi connectivity index (χ2n) is 12.6. The van der Waals surface area contributed by atoms with E-state index in [0.717, 1.165) is 29.8 Å². The van der Waals surface area contributed by atoms with E-state index in [1.807, 2.05) is 79.4 Å². The number of rotatable bonds is 9. The predicted octanol–water partition coefficient (Wildman–Crippen LogP) is 6.90. The summed E-state index contributed by atoms with van der Waals surface area (Å²) in [4.78, 5) is 46.7. The summed E-state index contributed by atoms with van der Waals surface area (Å²) in [5, 5.41) is 0. The molecule has 246 valence electrons. The largest absolute Gasteiger partial charge is 0.463 e. The van der Waals surface area contributed by atoms with E-state index in [9.17, 15) is 14.4 Å². The second-order valence-corrected chi connectivity index (χ2v) is 12.6. The van der Waals surface area contributed by atoms with Gasteiger partial charge in [-0.1, -0.05) is 103 Å². The lowest BCUT2D eigenvalue weighted by Gasteiger charge is -2.40. The van der Waals surface area contributed by atoms with Crippen LogP contribution in [0.15, 0.2) is 120 Å². The average molecular weight is 642 g/mol. The topological polar surface area (TPSA) is 70.2 Å². The maximum atomic E-state index is 13.8. The molecule has 1 fully saturated rings. The van der Waals surface area contributed by atoms with Crippen molar-refractivity contribution >= 4 is 17.8 Å². The highest BCUT2D eigenvalue weighted by Crippen LogP contribution is 2.38.